The Hall–Kier alpha value is -2.34. The van der Waals surface area contributed by atoms with Crippen LogP contribution in [0.3, 0.4) is 0 Å². The lowest BCUT2D eigenvalue weighted by atomic mass is 10.2. The summed E-state index contributed by atoms with van der Waals surface area (Å²) >= 11 is 0. The molecule has 21 heavy (non-hydrogen) atoms. The summed E-state index contributed by atoms with van der Waals surface area (Å²) in [6, 6.07) is 12.1. The zero-order valence-electron chi connectivity index (χ0n) is 11.8. The van der Waals surface area contributed by atoms with E-state index in [1.165, 1.54) is 3.97 Å². The number of hydrogen-bond donors (Lipinski definition) is 0. The molecule has 3 aromatic rings. The largest absolute Gasteiger partial charge is 0.268 e. The second-order valence-corrected chi connectivity index (χ2v) is 6.66. The molecule has 0 N–H and O–H groups in total. The van der Waals surface area contributed by atoms with E-state index in [2.05, 4.69) is 5.10 Å². The van der Waals surface area contributed by atoms with Gasteiger partial charge < -0.3 is 0 Å². The Morgan fingerprint density at radius 1 is 1.00 bits per heavy atom. The molecule has 2 heterocycles. The zero-order valence-corrected chi connectivity index (χ0v) is 12.6. The Balaban J connectivity index is 2.15. The van der Waals surface area contributed by atoms with Crippen molar-refractivity contribution in [1.29, 1.82) is 0 Å². The number of benzene rings is 1. The number of hydrogen-bond acceptors (Lipinski definition) is 3. The zero-order chi connectivity index (χ0) is 15.0. The van der Waals surface area contributed by atoms with Crippen molar-refractivity contribution in [3.05, 3.63) is 60.4 Å². The first kappa shape index (κ1) is 13.6. The fourth-order valence-electron chi connectivity index (χ4n) is 2.22. The van der Waals surface area contributed by atoms with Crippen LogP contribution in [0, 0.1) is 6.92 Å². The summed E-state index contributed by atoms with van der Waals surface area (Å²) in [5.41, 5.74) is 2.36. The first-order chi connectivity index (χ1) is 10.00. The molecule has 0 aliphatic carbocycles. The Labute approximate surface area is 123 Å². The normalized spacial score (nSPS) is 11.7. The van der Waals surface area contributed by atoms with Crippen molar-refractivity contribution in [2.45, 2.75) is 11.8 Å². The van der Waals surface area contributed by atoms with Crippen molar-refractivity contribution in [3.8, 4) is 11.4 Å². The highest BCUT2D eigenvalue weighted by Crippen LogP contribution is 2.24. The average molecular weight is 301 g/mol. The maximum atomic E-state index is 12.8. The molecule has 0 amide bonds. The molecule has 2 aromatic heterocycles. The minimum atomic E-state index is -3.61. The molecule has 0 saturated heterocycles. The molecule has 6 heteroatoms. The monoisotopic (exact) mass is 301 g/mol. The highest BCUT2D eigenvalue weighted by Gasteiger charge is 2.20. The van der Waals surface area contributed by atoms with Crippen LogP contribution in [0.25, 0.3) is 11.4 Å². The molecule has 5 nitrogen and oxygen atoms in total. The minimum absolute atomic E-state index is 0.271. The average Bonchev–Trinajstić information content (AvgIpc) is 3.07. The van der Waals surface area contributed by atoms with E-state index < -0.39 is 10.0 Å². The van der Waals surface area contributed by atoms with Gasteiger partial charge in [-0.2, -0.15) is 5.10 Å². The van der Waals surface area contributed by atoms with Gasteiger partial charge in [-0.15, -0.1) is 0 Å². The second kappa shape index (κ2) is 4.89. The van der Waals surface area contributed by atoms with Crippen LogP contribution < -0.4 is 0 Å². The van der Waals surface area contributed by atoms with E-state index in [4.69, 9.17) is 0 Å². The maximum Gasteiger partial charge on any atom is 0.268 e. The summed E-state index contributed by atoms with van der Waals surface area (Å²) in [5.74, 6) is 0. The van der Waals surface area contributed by atoms with E-state index in [9.17, 15) is 8.42 Å². The summed E-state index contributed by atoms with van der Waals surface area (Å²) < 4.78 is 28.5. The van der Waals surface area contributed by atoms with Crippen molar-refractivity contribution >= 4 is 10.0 Å². The van der Waals surface area contributed by atoms with E-state index in [0.717, 1.165) is 11.3 Å². The topological polar surface area (TPSA) is 56.9 Å². The van der Waals surface area contributed by atoms with Gasteiger partial charge in [-0.25, -0.2) is 12.4 Å². The summed E-state index contributed by atoms with van der Waals surface area (Å²) in [6.45, 7) is 1.92. The fraction of sp³-hybridized carbons (Fsp3) is 0.133. The van der Waals surface area contributed by atoms with Crippen LogP contribution in [0.1, 0.15) is 5.56 Å². The molecule has 0 radical (unpaired) electrons. The molecular formula is C15H15N3O2S. The third-order valence-corrected chi connectivity index (χ3v) is 5.08. The van der Waals surface area contributed by atoms with Crippen LogP contribution in [0.4, 0.5) is 0 Å². The molecule has 0 fully saturated rings. The minimum Gasteiger partial charge on any atom is -0.266 e. The number of rotatable bonds is 3. The first-order valence-corrected chi connectivity index (χ1v) is 7.92. The summed E-state index contributed by atoms with van der Waals surface area (Å²) in [5, 5.41) is 4.09. The Morgan fingerprint density at radius 2 is 1.71 bits per heavy atom. The van der Waals surface area contributed by atoms with E-state index >= 15 is 0 Å². The predicted octanol–water partition coefficient (Wildman–Crippen LogP) is 2.43. The molecular weight excluding hydrogens is 286 g/mol. The predicted molar refractivity (Wildman–Crippen MR) is 80.4 cm³/mol. The van der Waals surface area contributed by atoms with Gasteiger partial charge in [0, 0.05) is 19.4 Å². The second-order valence-electron chi connectivity index (χ2n) is 4.85. The van der Waals surface area contributed by atoms with Crippen LogP contribution in [0.2, 0.25) is 0 Å². The van der Waals surface area contributed by atoms with Gasteiger partial charge in [0.2, 0.25) is 0 Å². The lowest BCUT2D eigenvalue weighted by Gasteiger charge is -2.11. The van der Waals surface area contributed by atoms with Crippen molar-refractivity contribution in [2.75, 3.05) is 0 Å². The fourth-order valence-corrected chi connectivity index (χ4v) is 3.57. The molecule has 0 aliphatic heterocycles. The van der Waals surface area contributed by atoms with Crippen molar-refractivity contribution in [1.82, 2.24) is 13.8 Å². The number of nitrogens with zero attached hydrogens (tertiary/aromatic N) is 3. The Morgan fingerprint density at radius 3 is 2.33 bits per heavy atom. The highest BCUT2D eigenvalue weighted by molar-refractivity contribution is 7.90. The van der Waals surface area contributed by atoms with E-state index in [0.29, 0.717) is 5.69 Å². The number of aromatic nitrogens is 3. The lowest BCUT2D eigenvalue weighted by Crippen LogP contribution is -2.14. The van der Waals surface area contributed by atoms with Crippen LogP contribution in [-0.2, 0) is 17.1 Å². The van der Waals surface area contributed by atoms with Crippen molar-refractivity contribution in [3.63, 3.8) is 0 Å². The van der Waals surface area contributed by atoms with Crippen LogP contribution >= 0.6 is 0 Å². The molecule has 0 saturated carbocycles. The Kier molecular flexibility index (Phi) is 3.17. The van der Waals surface area contributed by atoms with Gasteiger partial charge in [-0.05, 0) is 37.3 Å². The smallest absolute Gasteiger partial charge is 0.266 e. The summed E-state index contributed by atoms with van der Waals surface area (Å²) in [6.07, 6.45) is 3.20. The van der Waals surface area contributed by atoms with E-state index in [1.54, 1.807) is 66.6 Å². The van der Waals surface area contributed by atoms with E-state index in [1.807, 2.05) is 6.92 Å². The molecule has 0 spiro atoms. The summed E-state index contributed by atoms with van der Waals surface area (Å²) in [7, 11) is -1.83. The third-order valence-electron chi connectivity index (χ3n) is 3.37. The third kappa shape index (κ3) is 2.27. The quantitative estimate of drug-likeness (QED) is 0.746. The van der Waals surface area contributed by atoms with E-state index in [-0.39, 0.29) is 4.90 Å². The van der Waals surface area contributed by atoms with Gasteiger partial charge in [-0.1, -0.05) is 17.7 Å². The van der Waals surface area contributed by atoms with Crippen LogP contribution in [0.5, 0.6) is 0 Å². The molecule has 0 atom stereocenters. The molecule has 108 valence electrons. The SMILES string of the molecule is Cc1ccc(S(=O)(=O)n2cccc2-c2ccnn2C)cc1. The maximum absolute atomic E-state index is 12.8. The van der Waals surface area contributed by atoms with Crippen molar-refractivity contribution < 1.29 is 8.42 Å². The van der Waals surface area contributed by atoms with Gasteiger partial charge in [0.05, 0.1) is 16.3 Å². The standard InChI is InChI=1S/C15H15N3O2S/c1-12-5-7-13(8-6-12)21(19,20)18-11-3-4-15(18)14-9-10-16-17(14)2/h3-11H,1-2H3. The highest BCUT2D eigenvalue weighted by atomic mass is 32.2. The van der Waals surface area contributed by atoms with Gasteiger partial charge >= 0.3 is 0 Å². The molecule has 0 aliphatic rings. The molecule has 0 bridgehead atoms. The lowest BCUT2D eigenvalue weighted by molar-refractivity contribution is 0.588. The molecule has 3 rings (SSSR count). The van der Waals surface area contributed by atoms with Crippen molar-refractivity contribution in [2.24, 2.45) is 7.05 Å². The molecule has 0 unspecified atom stereocenters. The van der Waals surface area contributed by atoms with Gasteiger partial charge in [-0.3, -0.25) is 4.68 Å². The molecule has 1 aromatic carbocycles. The van der Waals surface area contributed by atoms with Gasteiger partial charge in [0.1, 0.15) is 0 Å². The van der Waals surface area contributed by atoms with Gasteiger partial charge in [0.15, 0.2) is 0 Å². The summed E-state index contributed by atoms with van der Waals surface area (Å²) in [4.78, 5) is 0.271. The van der Waals surface area contributed by atoms with Crippen LogP contribution in [0.15, 0.2) is 59.8 Å². The first-order valence-electron chi connectivity index (χ1n) is 6.48. The van der Waals surface area contributed by atoms with Gasteiger partial charge in [0.25, 0.3) is 10.0 Å². The number of aryl methyl sites for hydroxylation is 2. The Bertz CT molecular complexity index is 874. The van der Waals surface area contributed by atoms with Crippen LogP contribution in [-0.4, -0.2) is 22.2 Å².